The maximum atomic E-state index is 10.2. The molecule has 0 radical (unpaired) electrons. The van der Waals surface area contributed by atoms with Crippen molar-refractivity contribution in [1.82, 2.24) is 14.6 Å². The number of azide groups is 1. The number of aromatic amines is 1. The van der Waals surface area contributed by atoms with Crippen LogP contribution in [-0.2, 0) is 4.74 Å². The summed E-state index contributed by atoms with van der Waals surface area (Å²) in [6.45, 7) is -0.836. The Hall–Kier alpha value is -2.43. The highest BCUT2D eigenvalue weighted by molar-refractivity contribution is 5.46. The molecule has 1 saturated heterocycles. The van der Waals surface area contributed by atoms with E-state index in [9.17, 15) is 15.3 Å². The summed E-state index contributed by atoms with van der Waals surface area (Å²) >= 11 is 0. The Morgan fingerprint density at radius 2 is 2.45 bits per heavy atom. The molecule has 3 rings (SSSR count). The van der Waals surface area contributed by atoms with Gasteiger partial charge in [-0.1, -0.05) is 5.11 Å². The van der Waals surface area contributed by atoms with Crippen LogP contribution in [0.1, 0.15) is 13.2 Å². The molecule has 0 amide bonds. The van der Waals surface area contributed by atoms with Gasteiger partial charge in [-0.15, -0.1) is 0 Å². The first-order valence-electron chi connectivity index (χ1n) is 6.76. The van der Waals surface area contributed by atoms with E-state index in [0.29, 0.717) is 0 Å². The van der Waals surface area contributed by atoms with Crippen molar-refractivity contribution in [2.75, 3.05) is 6.61 Å². The van der Waals surface area contributed by atoms with Gasteiger partial charge in [-0.05, 0) is 17.6 Å². The molecule has 0 unspecified atom stereocenters. The summed E-state index contributed by atoms with van der Waals surface area (Å²) in [4.78, 5) is 6.26. The van der Waals surface area contributed by atoms with E-state index < -0.39 is 30.6 Å². The molecule has 2 aromatic rings. The minimum Gasteiger partial charge on any atom is -0.393 e. The van der Waals surface area contributed by atoms with Crippen LogP contribution in [0, 0.1) is 5.41 Å². The van der Waals surface area contributed by atoms with Gasteiger partial charge < -0.3 is 20.1 Å². The normalized spacial score (nSPS) is 32.0. The van der Waals surface area contributed by atoms with Crippen LogP contribution in [0.4, 0.5) is 0 Å². The molecule has 5 N–H and O–H groups in total. The SMILES string of the molecule is [2H]c1cc([C@@H]2O[C@@](CO)(N=[N+]=[N-])[C@@H](O)[C@H]2O)n2[nH]cnc(=N)c12. The van der Waals surface area contributed by atoms with Crippen LogP contribution in [0.25, 0.3) is 16.0 Å². The van der Waals surface area contributed by atoms with Gasteiger partial charge in [-0.2, -0.15) is 0 Å². The lowest BCUT2D eigenvalue weighted by Gasteiger charge is -2.23. The third-order valence-corrected chi connectivity index (χ3v) is 3.60. The lowest BCUT2D eigenvalue weighted by atomic mass is 10.0. The first kappa shape index (κ1) is 13.2. The molecule has 4 atom stereocenters. The fourth-order valence-electron chi connectivity index (χ4n) is 2.48. The zero-order valence-corrected chi connectivity index (χ0v) is 11.1. The lowest BCUT2D eigenvalue weighted by molar-refractivity contribution is -0.108. The fourth-order valence-corrected chi connectivity index (χ4v) is 2.48. The summed E-state index contributed by atoms with van der Waals surface area (Å²) in [5.41, 5.74) is 6.78. The summed E-state index contributed by atoms with van der Waals surface area (Å²) in [6, 6.07) is 1.29. The Morgan fingerprint density at radius 3 is 3.14 bits per heavy atom. The van der Waals surface area contributed by atoms with Crippen LogP contribution in [0.2, 0.25) is 0 Å². The van der Waals surface area contributed by atoms with Crippen molar-refractivity contribution >= 4 is 5.52 Å². The molecule has 1 aliphatic rings. The highest BCUT2D eigenvalue weighted by Crippen LogP contribution is 2.41. The van der Waals surface area contributed by atoms with Crippen LogP contribution in [-0.4, -0.2) is 54.5 Å². The maximum absolute atomic E-state index is 10.2. The van der Waals surface area contributed by atoms with Gasteiger partial charge in [0.2, 0.25) is 0 Å². The number of ether oxygens (including phenoxy) is 1. The minimum atomic E-state index is -2.03. The Balaban J connectivity index is 2.15. The van der Waals surface area contributed by atoms with Crippen molar-refractivity contribution in [3.63, 3.8) is 0 Å². The molecule has 0 aromatic carbocycles. The van der Waals surface area contributed by atoms with Crippen molar-refractivity contribution in [2.45, 2.75) is 24.0 Å². The monoisotopic (exact) mass is 308 g/mol. The number of aliphatic hydroxyl groups excluding tert-OH is 3. The van der Waals surface area contributed by atoms with E-state index in [2.05, 4.69) is 20.1 Å². The minimum absolute atomic E-state index is 0.0371. The van der Waals surface area contributed by atoms with Gasteiger partial charge in [-0.3, -0.25) is 15.0 Å². The van der Waals surface area contributed by atoms with Gasteiger partial charge >= 0.3 is 0 Å². The first-order valence-corrected chi connectivity index (χ1v) is 6.26. The number of aliphatic hydroxyl groups is 3. The van der Waals surface area contributed by atoms with Crippen molar-refractivity contribution < 1.29 is 21.4 Å². The standard InChI is InChI=1S/C11H13N7O4/c12-10-6-2-1-5(18(6)15-4-14-10)8-7(20)9(21)11(3-19,22-8)16-17-13/h1-2,4,7-9,19-21H,3H2,(H2,12,14,15)/t7-,8-,9-,11+/m0/s1/i2D. The van der Waals surface area contributed by atoms with E-state index in [-0.39, 0.29) is 22.7 Å². The molecule has 11 nitrogen and oxygen atoms in total. The molecule has 2 aromatic heterocycles. The number of nitrogens with zero attached hydrogens (tertiary/aromatic N) is 5. The predicted octanol–water partition coefficient (Wildman–Crippen LogP) is -1.07. The van der Waals surface area contributed by atoms with Crippen LogP contribution in [0.15, 0.2) is 23.6 Å². The average molecular weight is 308 g/mol. The maximum Gasteiger partial charge on any atom is 0.199 e. The van der Waals surface area contributed by atoms with Gasteiger partial charge in [0.05, 0.1) is 13.7 Å². The Labute approximate surface area is 123 Å². The molecule has 0 aliphatic carbocycles. The Morgan fingerprint density at radius 1 is 1.68 bits per heavy atom. The smallest absolute Gasteiger partial charge is 0.199 e. The third kappa shape index (κ3) is 1.89. The van der Waals surface area contributed by atoms with Crippen LogP contribution < -0.4 is 5.49 Å². The number of H-pyrrole nitrogens is 1. The molecule has 116 valence electrons. The molecule has 1 fully saturated rings. The second-order valence-electron chi connectivity index (χ2n) is 4.80. The van der Waals surface area contributed by atoms with Crippen molar-refractivity contribution in [3.05, 3.63) is 40.1 Å². The van der Waals surface area contributed by atoms with Crippen LogP contribution in [0.5, 0.6) is 0 Å². The molecule has 0 bridgehead atoms. The van der Waals surface area contributed by atoms with Gasteiger partial charge in [0.15, 0.2) is 11.2 Å². The number of nitrogens with one attached hydrogen (secondary N) is 2. The topological polar surface area (TPSA) is 176 Å². The number of hydrogen-bond acceptors (Lipinski definition) is 7. The van der Waals surface area contributed by atoms with E-state index in [1.807, 2.05) is 0 Å². The molecular formula is C11H13N7O4. The van der Waals surface area contributed by atoms with Crippen molar-refractivity contribution in [1.29, 1.82) is 5.41 Å². The quantitative estimate of drug-likeness (QED) is 0.275. The van der Waals surface area contributed by atoms with E-state index in [0.717, 1.165) is 0 Å². The summed E-state index contributed by atoms with van der Waals surface area (Å²) in [6.07, 6.45) is -3.14. The zero-order chi connectivity index (χ0) is 16.8. The largest absolute Gasteiger partial charge is 0.393 e. The Kier molecular flexibility index (Phi) is 3.06. The number of fused-ring (bicyclic) bond motifs is 1. The van der Waals surface area contributed by atoms with Crippen molar-refractivity contribution in [3.8, 4) is 0 Å². The molecule has 3 heterocycles. The lowest BCUT2D eigenvalue weighted by Crippen LogP contribution is -2.44. The summed E-state index contributed by atoms with van der Waals surface area (Å²) in [5, 5.41) is 43.4. The average Bonchev–Trinajstić information content (AvgIpc) is 2.99. The summed E-state index contributed by atoms with van der Waals surface area (Å²) < 4.78 is 14.6. The highest BCUT2D eigenvalue weighted by Gasteiger charge is 2.55. The molecular weight excluding hydrogens is 294 g/mol. The Bertz CT molecular complexity index is 860. The first-order chi connectivity index (χ1) is 10.9. The van der Waals surface area contributed by atoms with E-state index in [1.165, 1.54) is 16.9 Å². The van der Waals surface area contributed by atoms with Crippen LogP contribution in [0.3, 0.4) is 0 Å². The highest BCUT2D eigenvalue weighted by atomic mass is 16.6. The second kappa shape index (κ2) is 5.09. The molecule has 0 saturated carbocycles. The van der Waals surface area contributed by atoms with Gasteiger partial charge in [-0.25, -0.2) is 4.98 Å². The third-order valence-electron chi connectivity index (χ3n) is 3.60. The zero-order valence-electron chi connectivity index (χ0n) is 12.1. The number of aromatic nitrogens is 3. The summed E-state index contributed by atoms with van der Waals surface area (Å²) in [5.74, 6) is 0. The van der Waals surface area contributed by atoms with E-state index >= 15 is 0 Å². The number of rotatable bonds is 3. The van der Waals surface area contributed by atoms with Gasteiger partial charge in [0.1, 0.15) is 30.2 Å². The molecule has 11 heteroatoms. The predicted molar refractivity (Wildman–Crippen MR) is 70.2 cm³/mol. The molecule has 22 heavy (non-hydrogen) atoms. The molecule has 0 spiro atoms. The van der Waals surface area contributed by atoms with Crippen molar-refractivity contribution in [2.24, 2.45) is 5.11 Å². The van der Waals surface area contributed by atoms with Gasteiger partial charge in [0.25, 0.3) is 0 Å². The molecule has 1 aliphatic heterocycles. The van der Waals surface area contributed by atoms with Crippen LogP contribution >= 0.6 is 0 Å². The van der Waals surface area contributed by atoms with Gasteiger partial charge in [0, 0.05) is 4.91 Å². The second-order valence-corrected chi connectivity index (χ2v) is 4.80. The fraction of sp³-hybridized carbons (Fsp3) is 0.455. The number of hydrogen-bond donors (Lipinski definition) is 5. The van der Waals surface area contributed by atoms with E-state index in [1.54, 1.807) is 0 Å². The van der Waals surface area contributed by atoms with E-state index in [4.69, 9.17) is 17.0 Å². The summed E-state index contributed by atoms with van der Waals surface area (Å²) in [7, 11) is 0.